The molecule has 0 saturated heterocycles. The van der Waals surface area contributed by atoms with Crippen LogP contribution in [0.3, 0.4) is 0 Å². The molecule has 0 spiro atoms. The summed E-state index contributed by atoms with van der Waals surface area (Å²) in [5, 5.41) is 18.6. The number of benzene rings is 4. The Labute approximate surface area is 214 Å². The van der Waals surface area contributed by atoms with Gasteiger partial charge < -0.3 is 10.6 Å². The second kappa shape index (κ2) is 10.5. The lowest BCUT2D eigenvalue weighted by molar-refractivity contribution is -0.114. The maximum absolute atomic E-state index is 11.3. The molecule has 1 aromatic heterocycles. The third-order valence-corrected chi connectivity index (χ3v) is 6.94. The van der Waals surface area contributed by atoms with E-state index in [-0.39, 0.29) is 11.9 Å². The summed E-state index contributed by atoms with van der Waals surface area (Å²) in [4.78, 5) is 16.7. The normalized spacial score (nSPS) is 11.7. The van der Waals surface area contributed by atoms with Crippen molar-refractivity contribution in [2.45, 2.75) is 19.5 Å². The molecule has 176 valence electrons. The fourth-order valence-corrected chi connectivity index (χ4v) is 5.12. The number of carbonyl (C=O) groups excluding carboxylic acids is 1. The molecule has 0 aliphatic heterocycles. The first kappa shape index (κ1) is 23.4. The molecule has 0 bridgehead atoms. The van der Waals surface area contributed by atoms with E-state index in [2.05, 4.69) is 52.0 Å². The van der Waals surface area contributed by atoms with E-state index in [9.17, 15) is 10.1 Å². The molecule has 0 saturated carbocycles. The van der Waals surface area contributed by atoms with Crippen LogP contribution < -0.4 is 10.6 Å². The van der Waals surface area contributed by atoms with Gasteiger partial charge >= 0.3 is 0 Å². The molecule has 2 N–H and O–H groups in total. The third kappa shape index (κ3) is 5.03. The van der Waals surface area contributed by atoms with Crippen LogP contribution in [-0.2, 0) is 11.3 Å². The number of aromatic nitrogens is 1. The van der Waals surface area contributed by atoms with Crippen LogP contribution >= 0.6 is 11.3 Å². The lowest BCUT2D eigenvalue weighted by atomic mass is 9.91. The average Bonchev–Trinajstić information content (AvgIpc) is 3.44. The molecule has 0 aliphatic carbocycles. The van der Waals surface area contributed by atoms with Gasteiger partial charge in [-0.1, -0.05) is 60.7 Å². The van der Waals surface area contributed by atoms with Crippen LogP contribution in [0.15, 0.2) is 96.6 Å². The van der Waals surface area contributed by atoms with Crippen molar-refractivity contribution in [1.29, 1.82) is 5.26 Å². The Morgan fingerprint density at radius 1 is 1.00 bits per heavy atom. The number of nitriles is 1. The lowest BCUT2D eigenvalue weighted by Crippen LogP contribution is -2.21. The fourth-order valence-electron chi connectivity index (χ4n) is 4.40. The highest BCUT2D eigenvalue weighted by atomic mass is 32.1. The predicted molar refractivity (Wildman–Crippen MR) is 146 cm³/mol. The van der Waals surface area contributed by atoms with Gasteiger partial charge in [-0.15, -0.1) is 11.3 Å². The number of nitrogens with zero attached hydrogens (tertiary/aromatic N) is 2. The van der Waals surface area contributed by atoms with Gasteiger partial charge in [-0.25, -0.2) is 0 Å². The minimum absolute atomic E-state index is 0.0889. The molecule has 4 aromatic carbocycles. The highest BCUT2D eigenvalue weighted by molar-refractivity contribution is 7.09. The van der Waals surface area contributed by atoms with Gasteiger partial charge in [-0.05, 0) is 51.7 Å². The van der Waals surface area contributed by atoms with Crippen LogP contribution in [0.5, 0.6) is 0 Å². The second-order valence-electron chi connectivity index (χ2n) is 8.54. The van der Waals surface area contributed by atoms with Gasteiger partial charge in [-0.2, -0.15) is 5.26 Å². The molecule has 36 heavy (non-hydrogen) atoms. The van der Waals surface area contributed by atoms with E-state index >= 15 is 0 Å². The van der Waals surface area contributed by atoms with E-state index < -0.39 is 0 Å². The van der Waals surface area contributed by atoms with E-state index in [1.165, 1.54) is 6.92 Å². The molecule has 5 nitrogen and oxygen atoms in total. The third-order valence-electron chi connectivity index (χ3n) is 6.10. The van der Waals surface area contributed by atoms with Gasteiger partial charge in [-0.3, -0.25) is 9.78 Å². The van der Waals surface area contributed by atoms with E-state index in [1.54, 1.807) is 11.3 Å². The number of rotatable bonds is 7. The van der Waals surface area contributed by atoms with E-state index in [4.69, 9.17) is 0 Å². The van der Waals surface area contributed by atoms with E-state index in [1.807, 2.05) is 66.3 Å². The van der Waals surface area contributed by atoms with Crippen molar-refractivity contribution in [3.63, 3.8) is 0 Å². The summed E-state index contributed by atoms with van der Waals surface area (Å²) < 4.78 is 0. The van der Waals surface area contributed by atoms with Crippen molar-refractivity contribution < 1.29 is 4.79 Å². The molecule has 0 aliphatic rings. The Balaban J connectivity index is 1.50. The van der Waals surface area contributed by atoms with Crippen molar-refractivity contribution in [2.75, 3.05) is 5.32 Å². The smallest absolute Gasteiger partial charge is 0.221 e. The van der Waals surface area contributed by atoms with Crippen molar-refractivity contribution >= 4 is 33.7 Å². The van der Waals surface area contributed by atoms with Crippen molar-refractivity contribution in [3.05, 3.63) is 118 Å². The zero-order valence-electron chi connectivity index (χ0n) is 19.7. The molecule has 0 fully saturated rings. The van der Waals surface area contributed by atoms with Gasteiger partial charge in [0, 0.05) is 35.8 Å². The highest BCUT2D eigenvalue weighted by Crippen LogP contribution is 2.34. The van der Waals surface area contributed by atoms with Crippen LogP contribution in [0.2, 0.25) is 0 Å². The molecule has 6 heteroatoms. The number of thiazole rings is 1. The Morgan fingerprint density at radius 2 is 1.81 bits per heavy atom. The molecule has 1 amide bonds. The summed E-state index contributed by atoms with van der Waals surface area (Å²) in [6.07, 6.45) is 1.89. The Morgan fingerprint density at radius 3 is 2.56 bits per heavy atom. The monoisotopic (exact) mass is 488 g/mol. The standard InChI is InChI=1S/C30H24N4OS/c1-20(35)34-25-13-9-21(10-14-25)17-33-30(29-18-32-19-36-29)23-11-12-24(16-31)28(15-23)27-8-4-6-22-5-2-3-7-26(22)27/h2-15,18-19,30,33H,17H2,1H3,(H,34,35). The van der Waals surface area contributed by atoms with E-state index in [0.29, 0.717) is 12.1 Å². The van der Waals surface area contributed by atoms with Crippen LogP contribution in [-0.4, -0.2) is 10.9 Å². The zero-order chi connectivity index (χ0) is 24.9. The molecule has 1 unspecified atom stereocenters. The highest BCUT2D eigenvalue weighted by Gasteiger charge is 2.18. The molecular weight excluding hydrogens is 464 g/mol. The SMILES string of the molecule is CC(=O)Nc1ccc(CNC(c2ccc(C#N)c(-c3cccc4ccccc34)c2)c2cncs2)cc1. The quantitative estimate of drug-likeness (QED) is 0.268. The van der Waals surface area contributed by atoms with Gasteiger partial charge in [0.25, 0.3) is 0 Å². The Hall–Kier alpha value is -4.31. The van der Waals surface area contributed by atoms with Gasteiger partial charge in [0.1, 0.15) is 0 Å². The van der Waals surface area contributed by atoms with Crippen molar-refractivity contribution in [3.8, 4) is 17.2 Å². The number of hydrogen-bond donors (Lipinski definition) is 2. The first-order valence-corrected chi connectivity index (χ1v) is 12.5. The number of amides is 1. The summed E-state index contributed by atoms with van der Waals surface area (Å²) in [6.45, 7) is 2.13. The number of hydrogen-bond acceptors (Lipinski definition) is 5. The first-order chi connectivity index (χ1) is 17.6. The minimum Gasteiger partial charge on any atom is -0.326 e. The van der Waals surface area contributed by atoms with E-state index in [0.717, 1.165) is 43.6 Å². The first-order valence-electron chi connectivity index (χ1n) is 11.6. The average molecular weight is 489 g/mol. The lowest BCUT2D eigenvalue weighted by Gasteiger charge is -2.20. The minimum atomic E-state index is -0.0889. The van der Waals surface area contributed by atoms with Crippen molar-refractivity contribution in [2.24, 2.45) is 0 Å². The molecule has 1 heterocycles. The van der Waals surface area contributed by atoms with Crippen molar-refractivity contribution in [1.82, 2.24) is 10.3 Å². The van der Waals surface area contributed by atoms with Gasteiger partial charge in [0.05, 0.1) is 23.2 Å². The molecular formula is C30H24N4OS. The second-order valence-corrected chi connectivity index (χ2v) is 9.46. The maximum Gasteiger partial charge on any atom is 0.221 e. The number of fused-ring (bicyclic) bond motifs is 1. The number of nitrogens with one attached hydrogen (secondary N) is 2. The van der Waals surface area contributed by atoms with Crippen LogP contribution in [0.4, 0.5) is 5.69 Å². The molecule has 1 atom stereocenters. The number of carbonyl (C=O) groups is 1. The molecule has 5 aromatic rings. The summed E-state index contributed by atoms with van der Waals surface area (Å²) in [5.74, 6) is -0.0889. The van der Waals surface area contributed by atoms with Crippen LogP contribution in [0.25, 0.3) is 21.9 Å². The van der Waals surface area contributed by atoms with Crippen LogP contribution in [0.1, 0.15) is 34.5 Å². The van der Waals surface area contributed by atoms with Crippen LogP contribution in [0, 0.1) is 11.3 Å². The van der Waals surface area contributed by atoms with Gasteiger partial charge in [0.2, 0.25) is 5.91 Å². The summed E-state index contributed by atoms with van der Waals surface area (Å²) in [6, 6.07) is 30.6. The topological polar surface area (TPSA) is 77.8 Å². The fraction of sp³-hybridized carbons (Fsp3) is 0.100. The Kier molecular flexibility index (Phi) is 6.85. The maximum atomic E-state index is 11.3. The van der Waals surface area contributed by atoms with Gasteiger partial charge in [0.15, 0.2) is 0 Å². The molecule has 0 radical (unpaired) electrons. The predicted octanol–water partition coefficient (Wildman–Crippen LogP) is 6.67. The zero-order valence-corrected chi connectivity index (χ0v) is 20.5. The Bertz CT molecular complexity index is 1550. The largest absolute Gasteiger partial charge is 0.326 e. The summed E-state index contributed by atoms with van der Waals surface area (Å²) in [5.41, 5.74) is 7.38. The summed E-state index contributed by atoms with van der Waals surface area (Å²) in [7, 11) is 0. The molecule has 5 rings (SSSR count). The number of anilines is 1. The summed E-state index contributed by atoms with van der Waals surface area (Å²) >= 11 is 1.60.